The highest BCUT2D eigenvalue weighted by molar-refractivity contribution is 6.04. The normalized spacial score (nSPS) is 14.8. The van der Waals surface area contributed by atoms with Crippen molar-refractivity contribution in [2.75, 3.05) is 60.9 Å². The number of amides is 1. The Morgan fingerprint density at radius 1 is 1.04 bits per heavy atom. The molecule has 1 aromatic carbocycles. The van der Waals surface area contributed by atoms with E-state index in [1.807, 2.05) is 36.5 Å². The lowest BCUT2D eigenvalue weighted by atomic mass is 10.2. The van der Waals surface area contributed by atoms with Crippen LogP contribution in [-0.2, 0) is 0 Å². The largest absolute Gasteiger partial charge is 0.372 e. The summed E-state index contributed by atoms with van der Waals surface area (Å²) in [6, 6.07) is 9.93. The van der Waals surface area contributed by atoms with Crippen LogP contribution in [0.25, 0.3) is 0 Å². The number of hydrogen-bond acceptors (Lipinski definition) is 5. The van der Waals surface area contributed by atoms with E-state index >= 15 is 0 Å². The summed E-state index contributed by atoms with van der Waals surface area (Å²) in [6.07, 6.45) is 3.47. The van der Waals surface area contributed by atoms with Gasteiger partial charge in [0.05, 0.1) is 17.4 Å². The minimum atomic E-state index is -0.128. The third-order valence-corrected chi connectivity index (χ3v) is 5.42. The van der Waals surface area contributed by atoms with Crippen molar-refractivity contribution in [1.29, 1.82) is 0 Å². The van der Waals surface area contributed by atoms with E-state index in [1.165, 1.54) is 0 Å². The summed E-state index contributed by atoms with van der Waals surface area (Å²) in [5.74, 6) is -0.128. The fourth-order valence-electron chi connectivity index (χ4n) is 3.59. The summed E-state index contributed by atoms with van der Waals surface area (Å²) in [4.78, 5) is 24.0. The van der Waals surface area contributed by atoms with Crippen LogP contribution >= 0.6 is 0 Å². The Balaban J connectivity index is 1.65. The van der Waals surface area contributed by atoms with Gasteiger partial charge in [0.1, 0.15) is 0 Å². The van der Waals surface area contributed by atoms with Gasteiger partial charge in [0.2, 0.25) is 0 Å². The van der Waals surface area contributed by atoms with Crippen LogP contribution < -0.4 is 15.1 Å². The van der Waals surface area contributed by atoms with E-state index in [9.17, 15) is 4.79 Å². The zero-order valence-corrected chi connectivity index (χ0v) is 17.2. The summed E-state index contributed by atoms with van der Waals surface area (Å²) < 4.78 is 0. The highest BCUT2D eigenvalue weighted by Gasteiger charge is 2.17. The summed E-state index contributed by atoms with van der Waals surface area (Å²) in [7, 11) is 0. The second-order valence-corrected chi connectivity index (χ2v) is 7.03. The molecule has 3 rings (SSSR count). The first-order valence-electron chi connectivity index (χ1n) is 10.2. The average molecular weight is 382 g/mol. The molecule has 0 saturated carbocycles. The van der Waals surface area contributed by atoms with Crippen LogP contribution in [0.3, 0.4) is 0 Å². The third-order valence-electron chi connectivity index (χ3n) is 5.42. The fourth-order valence-corrected chi connectivity index (χ4v) is 3.59. The molecule has 0 aliphatic carbocycles. The van der Waals surface area contributed by atoms with Gasteiger partial charge in [0.15, 0.2) is 0 Å². The Hall–Kier alpha value is -2.60. The predicted octanol–water partition coefficient (Wildman–Crippen LogP) is 3.32. The maximum Gasteiger partial charge on any atom is 0.257 e. The molecule has 0 atom stereocenters. The van der Waals surface area contributed by atoms with Crippen LogP contribution in [0.2, 0.25) is 0 Å². The molecule has 1 fully saturated rings. The molecule has 2 heterocycles. The maximum atomic E-state index is 12.7. The molecule has 0 unspecified atom stereocenters. The van der Waals surface area contributed by atoms with Gasteiger partial charge < -0.3 is 20.0 Å². The molecule has 2 aromatic rings. The predicted molar refractivity (Wildman–Crippen MR) is 117 cm³/mol. The first-order chi connectivity index (χ1) is 13.6. The van der Waals surface area contributed by atoms with Crippen molar-refractivity contribution in [3.05, 3.63) is 48.3 Å². The molecule has 1 N–H and O–H groups in total. The molecule has 150 valence electrons. The molecule has 6 nitrogen and oxygen atoms in total. The highest BCUT2D eigenvalue weighted by atomic mass is 16.1. The monoisotopic (exact) mass is 381 g/mol. The lowest BCUT2D eigenvalue weighted by Crippen LogP contribution is -2.46. The molecule has 1 aromatic heterocycles. The topological polar surface area (TPSA) is 51.7 Å². The van der Waals surface area contributed by atoms with Gasteiger partial charge in [-0.2, -0.15) is 0 Å². The van der Waals surface area contributed by atoms with Gasteiger partial charge in [-0.05, 0) is 50.7 Å². The molecule has 0 bridgehead atoms. The molecule has 1 aliphatic rings. The van der Waals surface area contributed by atoms with E-state index in [0.717, 1.165) is 62.9 Å². The highest BCUT2D eigenvalue weighted by Crippen LogP contribution is 2.20. The number of piperazine rings is 1. The van der Waals surface area contributed by atoms with Gasteiger partial charge in [-0.25, -0.2) is 0 Å². The lowest BCUT2D eigenvalue weighted by molar-refractivity contribution is 0.102. The Labute approximate surface area is 168 Å². The van der Waals surface area contributed by atoms with Crippen LogP contribution in [0.15, 0.2) is 42.7 Å². The Kier molecular flexibility index (Phi) is 6.87. The molecular formula is C22H31N5O. The summed E-state index contributed by atoms with van der Waals surface area (Å²) >= 11 is 0. The van der Waals surface area contributed by atoms with Crippen molar-refractivity contribution in [2.45, 2.75) is 20.8 Å². The van der Waals surface area contributed by atoms with Gasteiger partial charge >= 0.3 is 0 Å². The zero-order valence-electron chi connectivity index (χ0n) is 17.2. The number of nitrogens with one attached hydrogen (secondary N) is 1. The van der Waals surface area contributed by atoms with Crippen molar-refractivity contribution in [2.24, 2.45) is 0 Å². The number of anilines is 3. The molecule has 6 heteroatoms. The number of nitrogens with zero attached hydrogens (tertiary/aromatic N) is 4. The molecule has 28 heavy (non-hydrogen) atoms. The van der Waals surface area contributed by atoms with Gasteiger partial charge in [-0.15, -0.1) is 0 Å². The van der Waals surface area contributed by atoms with E-state index in [4.69, 9.17) is 0 Å². The lowest BCUT2D eigenvalue weighted by Gasteiger charge is -2.35. The molecule has 1 saturated heterocycles. The summed E-state index contributed by atoms with van der Waals surface area (Å²) in [5.41, 5.74) is 3.56. The molecular weight excluding hydrogens is 350 g/mol. The number of carbonyl (C=O) groups is 1. The maximum absolute atomic E-state index is 12.7. The smallest absolute Gasteiger partial charge is 0.257 e. The second-order valence-electron chi connectivity index (χ2n) is 7.03. The Morgan fingerprint density at radius 3 is 2.32 bits per heavy atom. The minimum Gasteiger partial charge on any atom is -0.372 e. The number of carbonyl (C=O) groups excluding carboxylic acids is 1. The summed E-state index contributed by atoms with van der Waals surface area (Å²) in [5, 5.41) is 2.98. The number of pyridine rings is 1. The van der Waals surface area contributed by atoms with E-state index in [0.29, 0.717) is 5.56 Å². The van der Waals surface area contributed by atoms with Gasteiger partial charge in [0, 0.05) is 56.8 Å². The molecule has 0 spiro atoms. The van der Waals surface area contributed by atoms with E-state index in [-0.39, 0.29) is 5.91 Å². The standard InChI is InChI=1S/C22H31N5O/c1-4-25-11-13-27(14-12-25)21-15-18(16-23-17-21)22(28)24-19-7-9-20(10-8-19)26(5-2)6-3/h7-10,15-17H,4-6,11-14H2,1-3H3,(H,24,28). The Morgan fingerprint density at radius 2 is 1.71 bits per heavy atom. The van der Waals surface area contributed by atoms with Gasteiger partial charge in [-0.3, -0.25) is 9.78 Å². The second kappa shape index (κ2) is 9.55. The van der Waals surface area contributed by atoms with Gasteiger partial charge in [0.25, 0.3) is 5.91 Å². The van der Waals surface area contributed by atoms with E-state index < -0.39 is 0 Å². The molecule has 1 amide bonds. The number of benzene rings is 1. The van der Waals surface area contributed by atoms with Crippen LogP contribution in [0.5, 0.6) is 0 Å². The number of rotatable bonds is 7. The zero-order chi connectivity index (χ0) is 19.9. The SMILES string of the molecule is CCN1CCN(c2cncc(C(=O)Nc3ccc(N(CC)CC)cc3)c2)CC1. The van der Waals surface area contributed by atoms with Crippen molar-refractivity contribution in [1.82, 2.24) is 9.88 Å². The third kappa shape index (κ3) is 4.81. The first-order valence-corrected chi connectivity index (χ1v) is 10.2. The Bertz CT molecular complexity index is 765. The van der Waals surface area contributed by atoms with Gasteiger partial charge in [-0.1, -0.05) is 6.92 Å². The average Bonchev–Trinajstić information content (AvgIpc) is 2.76. The number of aromatic nitrogens is 1. The molecule has 1 aliphatic heterocycles. The number of hydrogen-bond donors (Lipinski definition) is 1. The quantitative estimate of drug-likeness (QED) is 0.797. The van der Waals surface area contributed by atoms with E-state index in [2.05, 4.69) is 45.8 Å². The van der Waals surface area contributed by atoms with Crippen LogP contribution in [0.4, 0.5) is 17.1 Å². The van der Waals surface area contributed by atoms with Crippen molar-refractivity contribution < 1.29 is 4.79 Å². The summed E-state index contributed by atoms with van der Waals surface area (Å²) in [6.45, 7) is 13.5. The van der Waals surface area contributed by atoms with Crippen molar-refractivity contribution in [3.8, 4) is 0 Å². The molecule has 0 radical (unpaired) electrons. The van der Waals surface area contributed by atoms with Crippen molar-refractivity contribution >= 4 is 23.0 Å². The van der Waals surface area contributed by atoms with Crippen LogP contribution in [-0.4, -0.2) is 61.6 Å². The fraction of sp³-hybridized carbons (Fsp3) is 0.455. The van der Waals surface area contributed by atoms with E-state index in [1.54, 1.807) is 6.20 Å². The van der Waals surface area contributed by atoms with Crippen LogP contribution in [0.1, 0.15) is 31.1 Å². The van der Waals surface area contributed by atoms with Crippen LogP contribution in [0, 0.1) is 0 Å². The van der Waals surface area contributed by atoms with Crippen molar-refractivity contribution in [3.63, 3.8) is 0 Å². The number of likely N-dealkylation sites (N-methyl/N-ethyl adjacent to an activating group) is 1. The minimum absolute atomic E-state index is 0.128. The first kappa shape index (κ1) is 20.1.